The molecule has 5 rings (SSSR count). The number of fused-ring (bicyclic) bond motifs is 2. The average Bonchev–Trinajstić information content (AvgIpc) is 3.38. The van der Waals surface area contributed by atoms with Gasteiger partial charge in [0.05, 0.1) is 25.2 Å². The maximum absolute atomic E-state index is 9.78. The second-order valence-corrected chi connectivity index (χ2v) is 8.14. The van der Waals surface area contributed by atoms with Crippen LogP contribution in [0.25, 0.3) is 11.0 Å². The summed E-state index contributed by atoms with van der Waals surface area (Å²) >= 11 is 0. The molecule has 4 heterocycles. The van der Waals surface area contributed by atoms with E-state index in [-0.39, 0.29) is 13.2 Å². The van der Waals surface area contributed by atoms with Crippen molar-refractivity contribution in [2.75, 3.05) is 12.3 Å². The molecular formula is C21H25N5O5. The van der Waals surface area contributed by atoms with Crippen LogP contribution in [-0.4, -0.2) is 55.6 Å². The zero-order valence-electron chi connectivity index (χ0n) is 17.3. The molecule has 3 N–H and O–H groups in total. The minimum Gasteiger partial charge on any atom is -0.394 e. The number of rotatable bonds is 6. The number of aliphatic hydroxyl groups excluding tert-OH is 1. The van der Waals surface area contributed by atoms with Gasteiger partial charge >= 0.3 is 0 Å². The summed E-state index contributed by atoms with van der Waals surface area (Å²) in [5, 5.41) is 15.1. The number of nitrogen functional groups attached to an aromatic ring is 1. The number of benzene rings is 1. The highest BCUT2D eigenvalue weighted by Crippen LogP contribution is 2.43. The van der Waals surface area contributed by atoms with E-state index in [1.54, 1.807) is 4.68 Å². The molecule has 164 valence electrons. The van der Waals surface area contributed by atoms with Gasteiger partial charge in [-0.2, -0.15) is 5.10 Å². The van der Waals surface area contributed by atoms with Crippen LogP contribution < -0.4 is 5.73 Å². The Labute approximate surface area is 178 Å². The highest BCUT2D eigenvalue weighted by molar-refractivity contribution is 5.88. The molecule has 2 aliphatic rings. The lowest BCUT2D eigenvalue weighted by atomic mass is 10.1. The van der Waals surface area contributed by atoms with E-state index >= 15 is 0 Å². The molecule has 0 amide bonds. The second kappa shape index (κ2) is 7.81. The van der Waals surface area contributed by atoms with Gasteiger partial charge < -0.3 is 29.8 Å². The fourth-order valence-corrected chi connectivity index (χ4v) is 4.19. The molecule has 0 bridgehead atoms. The Kier molecular flexibility index (Phi) is 5.11. The van der Waals surface area contributed by atoms with Crippen LogP contribution >= 0.6 is 0 Å². The van der Waals surface area contributed by atoms with Gasteiger partial charge in [-0.25, -0.2) is 14.6 Å². The molecule has 4 atom stereocenters. The third-order valence-corrected chi connectivity index (χ3v) is 5.49. The van der Waals surface area contributed by atoms with E-state index < -0.39 is 30.3 Å². The van der Waals surface area contributed by atoms with Crippen LogP contribution in [0.1, 0.15) is 31.3 Å². The van der Waals surface area contributed by atoms with E-state index in [9.17, 15) is 5.11 Å². The molecule has 0 aliphatic carbocycles. The molecule has 2 aromatic heterocycles. The zero-order chi connectivity index (χ0) is 21.6. The minimum atomic E-state index is -0.788. The Morgan fingerprint density at radius 2 is 1.90 bits per heavy atom. The maximum atomic E-state index is 9.78. The van der Waals surface area contributed by atoms with Crippen LogP contribution in [0.4, 0.5) is 5.82 Å². The summed E-state index contributed by atoms with van der Waals surface area (Å²) in [6.07, 6.45) is -0.654. The summed E-state index contributed by atoms with van der Waals surface area (Å²) in [4.78, 5) is 8.51. The largest absolute Gasteiger partial charge is 0.394 e. The molecule has 2 saturated heterocycles. The Bertz CT molecular complexity index is 1070. The summed E-state index contributed by atoms with van der Waals surface area (Å²) in [5.41, 5.74) is 8.34. The fraction of sp³-hybridized carbons (Fsp3) is 0.476. The predicted octanol–water partition coefficient (Wildman–Crippen LogP) is 1.54. The number of hydrogen-bond donors (Lipinski definition) is 2. The third-order valence-electron chi connectivity index (χ3n) is 5.49. The molecule has 0 radical (unpaired) electrons. The Morgan fingerprint density at radius 1 is 1.13 bits per heavy atom. The van der Waals surface area contributed by atoms with E-state index in [0.717, 1.165) is 5.56 Å². The van der Waals surface area contributed by atoms with Gasteiger partial charge in [-0.3, -0.25) is 0 Å². The van der Waals surface area contributed by atoms with Crippen LogP contribution in [-0.2, 0) is 32.2 Å². The second-order valence-electron chi connectivity index (χ2n) is 8.14. The van der Waals surface area contributed by atoms with Gasteiger partial charge in [0.25, 0.3) is 0 Å². The first kappa shape index (κ1) is 20.3. The van der Waals surface area contributed by atoms with Crippen molar-refractivity contribution in [2.24, 2.45) is 0 Å². The lowest BCUT2D eigenvalue weighted by molar-refractivity contribution is -0.201. The molecule has 0 unspecified atom stereocenters. The smallest absolute Gasteiger partial charge is 0.181 e. The topological polar surface area (TPSA) is 127 Å². The normalized spacial score (nSPS) is 27.1. The van der Waals surface area contributed by atoms with E-state index in [1.165, 1.54) is 6.33 Å². The van der Waals surface area contributed by atoms with Crippen molar-refractivity contribution in [3.63, 3.8) is 0 Å². The van der Waals surface area contributed by atoms with Crippen LogP contribution in [0, 0.1) is 0 Å². The molecule has 0 saturated carbocycles. The molecule has 2 aliphatic heterocycles. The summed E-state index contributed by atoms with van der Waals surface area (Å²) in [6.45, 7) is 4.14. The van der Waals surface area contributed by atoms with Gasteiger partial charge in [0.15, 0.2) is 17.7 Å². The monoisotopic (exact) mass is 427 g/mol. The van der Waals surface area contributed by atoms with Crippen molar-refractivity contribution in [3.8, 4) is 0 Å². The summed E-state index contributed by atoms with van der Waals surface area (Å²) in [7, 11) is 0. The molecule has 3 aromatic rings. The number of hydrogen-bond acceptors (Lipinski definition) is 9. The first-order valence-corrected chi connectivity index (χ1v) is 10.2. The fourth-order valence-electron chi connectivity index (χ4n) is 4.19. The maximum Gasteiger partial charge on any atom is 0.181 e. The van der Waals surface area contributed by atoms with Crippen molar-refractivity contribution in [3.05, 3.63) is 47.9 Å². The Morgan fingerprint density at radius 3 is 2.68 bits per heavy atom. The molecule has 10 heteroatoms. The Balaban J connectivity index is 1.46. The number of nitrogens with two attached hydrogens (primary N) is 1. The number of nitrogens with zero attached hydrogens (tertiary/aromatic N) is 4. The third kappa shape index (κ3) is 3.66. The molecule has 10 nitrogen and oxygen atoms in total. The van der Waals surface area contributed by atoms with Gasteiger partial charge in [-0.1, -0.05) is 30.3 Å². The SMILES string of the molecule is CC1(C)O[C@@H]2[C@H](O1)[C@@H](CO)O[C@H]2n1nc(COCc2ccccc2)c2c(N)ncnc21. The van der Waals surface area contributed by atoms with E-state index in [2.05, 4.69) is 9.97 Å². The Hall–Kier alpha value is -2.63. The minimum absolute atomic E-state index is 0.194. The summed E-state index contributed by atoms with van der Waals surface area (Å²) in [5.74, 6) is -0.477. The quantitative estimate of drug-likeness (QED) is 0.602. The summed E-state index contributed by atoms with van der Waals surface area (Å²) in [6, 6.07) is 9.88. The van der Waals surface area contributed by atoms with Crippen LogP contribution in [0.2, 0.25) is 0 Å². The molecule has 2 fully saturated rings. The molecule has 1 aromatic carbocycles. The van der Waals surface area contributed by atoms with Gasteiger partial charge in [0, 0.05) is 0 Å². The average molecular weight is 427 g/mol. The van der Waals surface area contributed by atoms with Gasteiger partial charge in [-0.05, 0) is 19.4 Å². The highest BCUT2D eigenvalue weighted by atomic mass is 16.8. The number of ether oxygens (including phenoxy) is 4. The highest BCUT2D eigenvalue weighted by Gasteiger charge is 2.56. The number of aliphatic hydroxyl groups is 1. The summed E-state index contributed by atoms with van der Waals surface area (Å²) < 4.78 is 25.6. The lowest BCUT2D eigenvalue weighted by Gasteiger charge is -2.23. The zero-order valence-corrected chi connectivity index (χ0v) is 17.3. The first-order chi connectivity index (χ1) is 15.0. The lowest BCUT2D eigenvalue weighted by Crippen LogP contribution is -2.31. The van der Waals surface area contributed by atoms with Gasteiger partial charge in [0.1, 0.15) is 36.2 Å². The molecule has 0 spiro atoms. The number of aromatic nitrogens is 4. The predicted molar refractivity (Wildman–Crippen MR) is 109 cm³/mol. The van der Waals surface area contributed by atoms with Crippen molar-refractivity contribution in [1.29, 1.82) is 0 Å². The van der Waals surface area contributed by atoms with Crippen molar-refractivity contribution in [2.45, 2.75) is 57.4 Å². The van der Waals surface area contributed by atoms with Crippen molar-refractivity contribution < 1.29 is 24.1 Å². The van der Waals surface area contributed by atoms with E-state index in [4.69, 9.17) is 29.8 Å². The number of anilines is 1. The molecule has 31 heavy (non-hydrogen) atoms. The standard InChI is InChI=1S/C21H25N5O5/c1-21(2)30-16-14(8-27)29-20(17(16)31-21)26-19-15(18(22)23-11-24-19)13(25-26)10-28-9-12-6-4-3-5-7-12/h3-7,11,14,16-17,20,27H,8-10H2,1-2H3,(H2,22,23,24)/t14-,16-,17-,20-/m1/s1. The van der Waals surface area contributed by atoms with Crippen LogP contribution in [0.15, 0.2) is 36.7 Å². The van der Waals surface area contributed by atoms with Crippen LogP contribution in [0.3, 0.4) is 0 Å². The van der Waals surface area contributed by atoms with Crippen LogP contribution in [0.5, 0.6) is 0 Å². The van der Waals surface area contributed by atoms with Crippen molar-refractivity contribution >= 4 is 16.9 Å². The van der Waals surface area contributed by atoms with E-state index in [0.29, 0.717) is 29.2 Å². The first-order valence-electron chi connectivity index (χ1n) is 10.2. The van der Waals surface area contributed by atoms with Gasteiger partial charge in [0.2, 0.25) is 0 Å². The molecular weight excluding hydrogens is 402 g/mol. The van der Waals surface area contributed by atoms with Crippen molar-refractivity contribution in [1.82, 2.24) is 19.7 Å². The van der Waals surface area contributed by atoms with Gasteiger partial charge in [-0.15, -0.1) is 0 Å². The van der Waals surface area contributed by atoms with E-state index in [1.807, 2.05) is 44.2 Å².